The fourth-order valence-electron chi connectivity index (χ4n) is 2.30. The molecule has 2 rings (SSSR count). The molecule has 1 aliphatic rings. The summed E-state index contributed by atoms with van der Waals surface area (Å²) in [5, 5.41) is 3.32. The molecule has 1 aromatic carbocycles. The van der Waals surface area contributed by atoms with Gasteiger partial charge in [-0.2, -0.15) is 0 Å². The lowest BCUT2D eigenvalue weighted by Gasteiger charge is -2.31. The second kappa shape index (κ2) is 6.34. The quantitative estimate of drug-likeness (QED) is 0.928. The molecule has 0 saturated carbocycles. The number of piperidine rings is 1. The fraction of sp³-hybridized carbons (Fsp3) is 0.500. The number of hydrogen-bond donors (Lipinski definition) is 1. The SMILES string of the molecule is CN(C(=O)Cc1ccc(Br)cc1)C1CCNCC1. The maximum atomic E-state index is 12.2. The summed E-state index contributed by atoms with van der Waals surface area (Å²) in [4.78, 5) is 14.1. The van der Waals surface area contributed by atoms with Crippen molar-refractivity contribution in [3.63, 3.8) is 0 Å². The van der Waals surface area contributed by atoms with Gasteiger partial charge in [0.05, 0.1) is 6.42 Å². The van der Waals surface area contributed by atoms with Crippen LogP contribution in [0.1, 0.15) is 18.4 Å². The number of amides is 1. The summed E-state index contributed by atoms with van der Waals surface area (Å²) in [6, 6.07) is 8.35. The van der Waals surface area contributed by atoms with Crippen molar-refractivity contribution in [1.82, 2.24) is 10.2 Å². The molecule has 0 bridgehead atoms. The summed E-state index contributed by atoms with van der Waals surface area (Å²) < 4.78 is 1.05. The average Bonchev–Trinajstić information content (AvgIpc) is 2.41. The van der Waals surface area contributed by atoms with E-state index in [9.17, 15) is 4.79 Å². The summed E-state index contributed by atoms with van der Waals surface area (Å²) >= 11 is 3.40. The number of halogens is 1. The first-order valence-electron chi connectivity index (χ1n) is 6.37. The number of likely N-dealkylation sites (N-methyl/N-ethyl adjacent to an activating group) is 1. The molecule has 98 valence electrons. The number of nitrogens with zero attached hydrogens (tertiary/aromatic N) is 1. The maximum Gasteiger partial charge on any atom is 0.226 e. The minimum atomic E-state index is 0.212. The summed E-state index contributed by atoms with van der Waals surface area (Å²) in [6.45, 7) is 2.03. The Morgan fingerprint density at radius 1 is 1.33 bits per heavy atom. The summed E-state index contributed by atoms with van der Waals surface area (Å²) in [6.07, 6.45) is 2.61. The highest BCUT2D eigenvalue weighted by atomic mass is 79.9. The van der Waals surface area contributed by atoms with Crippen LogP contribution in [0.25, 0.3) is 0 Å². The van der Waals surface area contributed by atoms with Gasteiger partial charge in [0.1, 0.15) is 0 Å². The molecule has 0 unspecified atom stereocenters. The lowest BCUT2D eigenvalue weighted by Crippen LogP contribution is -2.44. The summed E-state index contributed by atoms with van der Waals surface area (Å²) in [5.41, 5.74) is 1.07. The third kappa shape index (κ3) is 3.56. The molecule has 1 aromatic rings. The zero-order chi connectivity index (χ0) is 13.0. The fourth-order valence-corrected chi connectivity index (χ4v) is 2.56. The monoisotopic (exact) mass is 310 g/mol. The van der Waals surface area contributed by atoms with E-state index in [4.69, 9.17) is 0 Å². The highest BCUT2D eigenvalue weighted by Crippen LogP contribution is 2.14. The number of carbonyl (C=O) groups is 1. The van der Waals surface area contributed by atoms with Crippen LogP contribution in [0.4, 0.5) is 0 Å². The van der Waals surface area contributed by atoms with Crippen molar-refractivity contribution in [2.24, 2.45) is 0 Å². The predicted molar refractivity (Wildman–Crippen MR) is 76.5 cm³/mol. The Kier molecular flexibility index (Phi) is 4.78. The third-order valence-corrected chi connectivity index (χ3v) is 4.05. The molecule has 0 radical (unpaired) electrons. The molecule has 1 amide bonds. The summed E-state index contributed by atoms with van der Waals surface area (Å²) in [5.74, 6) is 0.212. The first kappa shape index (κ1) is 13.6. The Morgan fingerprint density at radius 2 is 1.94 bits per heavy atom. The van der Waals surface area contributed by atoms with Crippen molar-refractivity contribution >= 4 is 21.8 Å². The highest BCUT2D eigenvalue weighted by Gasteiger charge is 2.21. The Morgan fingerprint density at radius 3 is 2.56 bits per heavy atom. The zero-order valence-corrected chi connectivity index (χ0v) is 12.2. The van der Waals surface area contributed by atoms with E-state index in [-0.39, 0.29) is 5.91 Å². The van der Waals surface area contributed by atoms with E-state index < -0.39 is 0 Å². The lowest BCUT2D eigenvalue weighted by atomic mass is 10.0. The van der Waals surface area contributed by atoms with Crippen LogP contribution in [0.3, 0.4) is 0 Å². The van der Waals surface area contributed by atoms with Gasteiger partial charge in [0, 0.05) is 17.6 Å². The lowest BCUT2D eigenvalue weighted by molar-refractivity contribution is -0.131. The van der Waals surface area contributed by atoms with Gasteiger partial charge in [0.25, 0.3) is 0 Å². The van der Waals surface area contributed by atoms with E-state index in [1.807, 2.05) is 36.2 Å². The van der Waals surface area contributed by atoms with Crippen molar-refractivity contribution in [3.8, 4) is 0 Å². The largest absolute Gasteiger partial charge is 0.342 e. The van der Waals surface area contributed by atoms with Crippen molar-refractivity contribution in [2.45, 2.75) is 25.3 Å². The van der Waals surface area contributed by atoms with Crippen LogP contribution in [0.15, 0.2) is 28.7 Å². The Bertz CT molecular complexity index is 399. The van der Waals surface area contributed by atoms with Crippen LogP contribution in [0.2, 0.25) is 0 Å². The number of rotatable bonds is 3. The normalized spacial score (nSPS) is 16.6. The molecule has 0 aromatic heterocycles. The molecular weight excluding hydrogens is 292 g/mol. The van der Waals surface area contributed by atoms with Crippen LogP contribution >= 0.6 is 15.9 Å². The van der Waals surface area contributed by atoms with E-state index >= 15 is 0 Å². The topological polar surface area (TPSA) is 32.3 Å². The van der Waals surface area contributed by atoms with E-state index in [0.717, 1.165) is 36.0 Å². The first-order chi connectivity index (χ1) is 8.66. The van der Waals surface area contributed by atoms with Crippen LogP contribution < -0.4 is 5.32 Å². The third-order valence-electron chi connectivity index (χ3n) is 3.52. The predicted octanol–water partition coefficient (Wildman–Crippen LogP) is 2.20. The van der Waals surface area contributed by atoms with Crippen LogP contribution in [0.5, 0.6) is 0 Å². The van der Waals surface area contributed by atoms with Gasteiger partial charge >= 0.3 is 0 Å². The van der Waals surface area contributed by atoms with Gasteiger partial charge in [-0.3, -0.25) is 4.79 Å². The molecule has 0 atom stereocenters. The van der Waals surface area contributed by atoms with E-state index in [1.54, 1.807) is 0 Å². The van der Waals surface area contributed by atoms with Gasteiger partial charge in [-0.25, -0.2) is 0 Å². The number of nitrogens with one attached hydrogen (secondary N) is 1. The molecule has 4 heteroatoms. The first-order valence-corrected chi connectivity index (χ1v) is 7.17. The van der Waals surface area contributed by atoms with Crippen molar-refractivity contribution in [3.05, 3.63) is 34.3 Å². The van der Waals surface area contributed by atoms with E-state index in [0.29, 0.717) is 12.5 Å². The second-order valence-electron chi connectivity index (χ2n) is 4.79. The smallest absolute Gasteiger partial charge is 0.226 e. The number of hydrogen-bond acceptors (Lipinski definition) is 2. The van der Waals surface area contributed by atoms with Gasteiger partial charge < -0.3 is 10.2 Å². The highest BCUT2D eigenvalue weighted by molar-refractivity contribution is 9.10. The molecule has 1 heterocycles. The average molecular weight is 311 g/mol. The molecular formula is C14H19BrN2O. The summed E-state index contributed by atoms with van der Waals surface area (Å²) in [7, 11) is 1.93. The zero-order valence-electron chi connectivity index (χ0n) is 10.7. The molecule has 0 spiro atoms. The Hall–Kier alpha value is -0.870. The van der Waals surface area contributed by atoms with Crippen LogP contribution in [0, 0.1) is 0 Å². The molecule has 18 heavy (non-hydrogen) atoms. The van der Waals surface area contributed by atoms with Crippen LogP contribution in [-0.2, 0) is 11.2 Å². The number of benzene rings is 1. The van der Waals surface area contributed by atoms with Crippen LogP contribution in [-0.4, -0.2) is 37.0 Å². The standard InChI is InChI=1S/C14H19BrN2O/c1-17(13-6-8-16-9-7-13)14(18)10-11-2-4-12(15)5-3-11/h2-5,13,16H,6-10H2,1H3. The van der Waals surface area contributed by atoms with Crippen molar-refractivity contribution < 1.29 is 4.79 Å². The minimum absolute atomic E-state index is 0.212. The molecule has 1 fully saturated rings. The Labute approximate surface area is 117 Å². The van der Waals surface area contributed by atoms with Gasteiger partial charge in [-0.1, -0.05) is 28.1 Å². The van der Waals surface area contributed by atoms with Gasteiger partial charge in [0.15, 0.2) is 0 Å². The number of carbonyl (C=O) groups excluding carboxylic acids is 1. The Balaban J connectivity index is 1.92. The van der Waals surface area contributed by atoms with Gasteiger partial charge in [-0.05, 0) is 43.6 Å². The van der Waals surface area contributed by atoms with Crippen molar-refractivity contribution in [2.75, 3.05) is 20.1 Å². The molecule has 1 N–H and O–H groups in total. The van der Waals surface area contributed by atoms with Gasteiger partial charge in [-0.15, -0.1) is 0 Å². The minimum Gasteiger partial charge on any atom is -0.342 e. The second-order valence-corrected chi connectivity index (χ2v) is 5.70. The van der Waals surface area contributed by atoms with E-state index in [1.165, 1.54) is 0 Å². The molecule has 1 aliphatic heterocycles. The molecule has 3 nitrogen and oxygen atoms in total. The van der Waals surface area contributed by atoms with E-state index in [2.05, 4.69) is 21.2 Å². The molecule has 0 aliphatic carbocycles. The maximum absolute atomic E-state index is 12.2. The molecule has 1 saturated heterocycles. The van der Waals surface area contributed by atoms with Crippen molar-refractivity contribution in [1.29, 1.82) is 0 Å². The van der Waals surface area contributed by atoms with Gasteiger partial charge in [0.2, 0.25) is 5.91 Å².